The van der Waals surface area contributed by atoms with E-state index in [0.717, 1.165) is 30.4 Å². The Kier molecular flexibility index (Phi) is 4.54. The van der Waals surface area contributed by atoms with E-state index in [0.29, 0.717) is 0 Å². The predicted molar refractivity (Wildman–Crippen MR) is 71.3 cm³/mol. The van der Waals surface area contributed by atoms with Gasteiger partial charge in [-0.3, -0.25) is 4.79 Å². The number of esters is 2. The SMILES string of the molecule is CC(C)(C)OC(=O)Cn1nnnc1C(=O)OC1CCCC1. The first-order valence-electron chi connectivity index (χ1n) is 7.04. The van der Waals surface area contributed by atoms with Crippen LogP contribution in [-0.2, 0) is 20.8 Å². The van der Waals surface area contributed by atoms with Crippen LogP contribution in [0.15, 0.2) is 0 Å². The molecule has 0 amide bonds. The summed E-state index contributed by atoms with van der Waals surface area (Å²) in [6.07, 6.45) is 3.75. The lowest BCUT2D eigenvalue weighted by atomic mass is 10.2. The summed E-state index contributed by atoms with van der Waals surface area (Å²) in [7, 11) is 0. The topological polar surface area (TPSA) is 96.2 Å². The summed E-state index contributed by atoms with van der Waals surface area (Å²) >= 11 is 0. The van der Waals surface area contributed by atoms with Crippen LogP contribution in [0.5, 0.6) is 0 Å². The standard InChI is InChI=1S/C13H20N4O4/c1-13(2,3)21-10(18)8-17-11(14-15-16-17)12(19)20-9-6-4-5-7-9/h9H,4-8H2,1-3H3. The molecule has 0 bridgehead atoms. The molecule has 0 radical (unpaired) electrons. The normalized spacial score (nSPS) is 16.0. The Hall–Kier alpha value is -1.99. The molecular formula is C13H20N4O4. The number of hydrogen-bond donors (Lipinski definition) is 0. The molecule has 8 nitrogen and oxygen atoms in total. The van der Waals surface area contributed by atoms with Crippen LogP contribution in [0.1, 0.15) is 57.1 Å². The number of tetrazole rings is 1. The highest BCUT2D eigenvalue weighted by Crippen LogP contribution is 2.21. The smallest absolute Gasteiger partial charge is 0.378 e. The molecule has 1 heterocycles. The Balaban J connectivity index is 1.97. The lowest BCUT2D eigenvalue weighted by molar-refractivity contribution is -0.155. The van der Waals surface area contributed by atoms with Gasteiger partial charge >= 0.3 is 11.9 Å². The van der Waals surface area contributed by atoms with Crippen molar-refractivity contribution in [1.29, 1.82) is 0 Å². The molecule has 0 aliphatic heterocycles. The van der Waals surface area contributed by atoms with Crippen molar-refractivity contribution in [3.8, 4) is 0 Å². The second-order valence-electron chi connectivity index (χ2n) is 6.06. The number of carbonyl (C=O) groups is 2. The van der Waals surface area contributed by atoms with Crippen molar-refractivity contribution in [3.63, 3.8) is 0 Å². The average Bonchev–Trinajstić information content (AvgIpc) is 2.97. The summed E-state index contributed by atoms with van der Waals surface area (Å²) < 4.78 is 11.6. The van der Waals surface area contributed by atoms with Gasteiger partial charge in [-0.05, 0) is 56.9 Å². The third-order valence-electron chi connectivity index (χ3n) is 2.99. The monoisotopic (exact) mass is 296 g/mol. The summed E-state index contributed by atoms with van der Waals surface area (Å²) in [6, 6.07) is 0. The molecule has 2 rings (SSSR count). The van der Waals surface area contributed by atoms with E-state index in [4.69, 9.17) is 9.47 Å². The zero-order valence-electron chi connectivity index (χ0n) is 12.5. The molecule has 21 heavy (non-hydrogen) atoms. The van der Waals surface area contributed by atoms with Crippen molar-refractivity contribution < 1.29 is 19.1 Å². The van der Waals surface area contributed by atoms with E-state index < -0.39 is 17.5 Å². The molecule has 1 fully saturated rings. The van der Waals surface area contributed by atoms with Crippen molar-refractivity contribution in [2.45, 2.75) is 64.7 Å². The molecule has 116 valence electrons. The van der Waals surface area contributed by atoms with Crippen molar-refractivity contribution in [1.82, 2.24) is 20.2 Å². The lowest BCUT2D eigenvalue weighted by Gasteiger charge is -2.19. The van der Waals surface area contributed by atoms with E-state index in [9.17, 15) is 9.59 Å². The van der Waals surface area contributed by atoms with Crippen LogP contribution in [0, 0.1) is 0 Å². The molecule has 1 saturated carbocycles. The first kappa shape index (κ1) is 15.4. The van der Waals surface area contributed by atoms with Gasteiger partial charge in [-0.2, -0.15) is 0 Å². The highest BCUT2D eigenvalue weighted by molar-refractivity contribution is 5.85. The minimum absolute atomic E-state index is 0.0761. The minimum Gasteiger partial charge on any atom is -0.459 e. The van der Waals surface area contributed by atoms with Gasteiger partial charge in [0, 0.05) is 0 Å². The third-order valence-corrected chi connectivity index (χ3v) is 2.99. The largest absolute Gasteiger partial charge is 0.459 e. The summed E-state index contributed by atoms with van der Waals surface area (Å²) in [5, 5.41) is 10.7. The van der Waals surface area contributed by atoms with Gasteiger partial charge in [-0.15, -0.1) is 5.10 Å². The fourth-order valence-electron chi connectivity index (χ4n) is 2.16. The van der Waals surface area contributed by atoms with Crippen molar-refractivity contribution in [3.05, 3.63) is 5.82 Å². The Labute approximate surface area is 122 Å². The maximum absolute atomic E-state index is 12.0. The Morgan fingerprint density at radius 2 is 1.95 bits per heavy atom. The van der Waals surface area contributed by atoms with Crippen LogP contribution in [0.3, 0.4) is 0 Å². The van der Waals surface area contributed by atoms with Gasteiger partial charge in [-0.25, -0.2) is 9.48 Å². The molecule has 0 saturated heterocycles. The molecular weight excluding hydrogens is 276 g/mol. The van der Waals surface area contributed by atoms with Gasteiger partial charge in [0.15, 0.2) is 0 Å². The Morgan fingerprint density at radius 3 is 2.57 bits per heavy atom. The van der Waals surface area contributed by atoms with E-state index in [1.807, 2.05) is 0 Å². The second-order valence-corrected chi connectivity index (χ2v) is 6.06. The number of carbonyl (C=O) groups excluding carboxylic acids is 2. The Bertz CT molecular complexity index is 514. The zero-order valence-corrected chi connectivity index (χ0v) is 12.5. The molecule has 0 spiro atoms. The van der Waals surface area contributed by atoms with E-state index in [2.05, 4.69) is 15.5 Å². The summed E-state index contributed by atoms with van der Waals surface area (Å²) in [6.45, 7) is 5.07. The number of nitrogens with zero attached hydrogens (tertiary/aromatic N) is 4. The van der Waals surface area contributed by atoms with E-state index >= 15 is 0 Å². The van der Waals surface area contributed by atoms with Crippen LogP contribution in [0.4, 0.5) is 0 Å². The summed E-state index contributed by atoms with van der Waals surface area (Å²) in [5.74, 6) is -1.19. The molecule has 1 aromatic rings. The summed E-state index contributed by atoms with van der Waals surface area (Å²) in [4.78, 5) is 23.8. The molecule has 0 aromatic carbocycles. The number of rotatable bonds is 4. The van der Waals surface area contributed by atoms with Gasteiger partial charge in [0.25, 0.3) is 5.82 Å². The number of ether oxygens (including phenoxy) is 2. The maximum Gasteiger partial charge on any atom is 0.378 e. The quantitative estimate of drug-likeness (QED) is 0.768. The highest BCUT2D eigenvalue weighted by atomic mass is 16.6. The third kappa shape index (κ3) is 4.51. The van der Waals surface area contributed by atoms with Gasteiger partial charge in [-0.1, -0.05) is 0 Å². The van der Waals surface area contributed by atoms with Gasteiger partial charge in [0.2, 0.25) is 0 Å². The second kappa shape index (κ2) is 6.19. The molecule has 1 aromatic heterocycles. The molecule has 1 aliphatic rings. The first-order chi connectivity index (χ1) is 9.85. The molecule has 0 atom stereocenters. The van der Waals surface area contributed by atoms with Crippen LogP contribution < -0.4 is 0 Å². The summed E-state index contributed by atoms with van der Waals surface area (Å²) in [5.41, 5.74) is -0.602. The van der Waals surface area contributed by atoms with Gasteiger partial charge < -0.3 is 9.47 Å². The van der Waals surface area contributed by atoms with Crippen LogP contribution >= 0.6 is 0 Å². The van der Waals surface area contributed by atoms with Crippen LogP contribution in [0.25, 0.3) is 0 Å². The minimum atomic E-state index is -0.602. The maximum atomic E-state index is 12.0. The van der Waals surface area contributed by atoms with E-state index in [-0.39, 0.29) is 18.5 Å². The van der Waals surface area contributed by atoms with Crippen molar-refractivity contribution in [2.24, 2.45) is 0 Å². The van der Waals surface area contributed by atoms with Crippen molar-refractivity contribution >= 4 is 11.9 Å². The fourth-order valence-corrected chi connectivity index (χ4v) is 2.16. The fraction of sp³-hybridized carbons (Fsp3) is 0.769. The zero-order chi connectivity index (χ0) is 15.5. The first-order valence-corrected chi connectivity index (χ1v) is 7.04. The average molecular weight is 296 g/mol. The molecule has 8 heteroatoms. The van der Waals surface area contributed by atoms with Crippen molar-refractivity contribution in [2.75, 3.05) is 0 Å². The van der Waals surface area contributed by atoms with Crippen LogP contribution in [-0.4, -0.2) is 43.9 Å². The molecule has 0 unspecified atom stereocenters. The molecule has 1 aliphatic carbocycles. The van der Waals surface area contributed by atoms with Crippen LogP contribution in [0.2, 0.25) is 0 Å². The Morgan fingerprint density at radius 1 is 1.29 bits per heavy atom. The number of hydrogen-bond acceptors (Lipinski definition) is 7. The lowest BCUT2D eigenvalue weighted by Crippen LogP contribution is -2.28. The number of aromatic nitrogens is 4. The van der Waals surface area contributed by atoms with E-state index in [1.165, 1.54) is 0 Å². The predicted octanol–water partition coefficient (Wildman–Crippen LogP) is 1.11. The molecule has 0 N–H and O–H groups in total. The van der Waals surface area contributed by atoms with Gasteiger partial charge in [0.05, 0.1) is 0 Å². The highest BCUT2D eigenvalue weighted by Gasteiger charge is 2.26. The van der Waals surface area contributed by atoms with Gasteiger partial charge in [0.1, 0.15) is 18.2 Å². The van der Waals surface area contributed by atoms with E-state index in [1.54, 1.807) is 20.8 Å².